The maximum atomic E-state index is 13.6. The van der Waals surface area contributed by atoms with Crippen LogP contribution in [0.2, 0.25) is 0 Å². The minimum Gasteiger partial charge on any atom is -0.446 e. The predicted octanol–water partition coefficient (Wildman–Crippen LogP) is 6.11. The zero-order chi connectivity index (χ0) is 25.4. The van der Waals surface area contributed by atoms with Crippen LogP contribution in [0.5, 0.6) is 0 Å². The monoisotopic (exact) mass is 516 g/mol. The van der Waals surface area contributed by atoms with Gasteiger partial charge >= 0.3 is 6.09 Å². The van der Waals surface area contributed by atoms with Crippen molar-refractivity contribution in [2.24, 2.45) is 23.7 Å². The van der Waals surface area contributed by atoms with Gasteiger partial charge in [-0.15, -0.1) is 11.3 Å². The summed E-state index contributed by atoms with van der Waals surface area (Å²) in [6, 6.07) is 18.3. The second-order valence-corrected chi connectivity index (χ2v) is 12.6. The minimum absolute atomic E-state index is 0.0137. The van der Waals surface area contributed by atoms with Crippen molar-refractivity contribution < 1.29 is 14.3 Å². The average Bonchev–Trinajstić information content (AvgIpc) is 3.29. The fraction of sp³-hybridized carbons (Fsp3) is 0.484. The van der Waals surface area contributed by atoms with Gasteiger partial charge < -0.3 is 15.4 Å². The van der Waals surface area contributed by atoms with E-state index in [2.05, 4.69) is 40.3 Å². The quantitative estimate of drug-likeness (QED) is 0.379. The van der Waals surface area contributed by atoms with E-state index < -0.39 is 11.6 Å². The van der Waals surface area contributed by atoms with Gasteiger partial charge in [-0.2, -0.15) is 0 Å². The van der Waals surface area contributed by atoms with Crippen molar-refractivity contribution in [3.05, 3.63) is 71.1 Å². The summed E-state index contributed by atoms with van der Waals surface area (Å²) in [6.45, 7) is 2.34. The lowest BCUT2D eigenvalue weighted by molar-refractivity contribution is -0.127. The first kappa shape index (κ1) is 24.5. The predicted molar refractivity (Wildman–Crippen MR) is 148 cm³/mol. The highest BCUT2D eigenvalue weighted by molar-refractivity contribution is 7.17. The van der Waals surface area contributed by atoms with Crippen molar-refractivity contribution in [2.45, 2.75) is 63.5 Å². The number of nitrogens with one attached hydrogen (secondary N) is 2. The number of benzene rings is 2. The Bertz CT molecular complexity index is 1240. The highest BCUT2D eigenvalue weighted by Crippen LogP contribution is 2.54. The summed E-state index contributed by atoms with van der Waals surface area (Å²) in [7, 11) is 0. The van der Waals surface area contributed by atoms with Crippen LogP contribution in [0.25, 0.3) is 10.1 Å². The summed E-state index contributed by atoms with van der Waals surface area (Å²) in [6.07, 6.45) is 6.77. The summed E-state index contributed by atoms with van der Waals surface area (Å²) in [5.74, 6) is 2.42. The highest BCUT2D eigenvalue weighted by Gasteiger charge is 2.50. The summed E-state index contributed by atoms with van der Waals surface area (Å²) >= 11 is 1.67. The Balaban J connectivity index is 1.17. The molecule has 6 heteroatoms. The number of carbonyl (C=O) groups is 2. The SMILES string of the molecule is CC(Cc1csc2ccccc12)(NC(=O)OC1C2CC3CC(C2)CC1C3)C(=O)NCCc1ccccc1. The lowest BCUT2D eigenvalue weighted by Gasteiger charge is -2.53. The van der Waals surface area contributed by atoms with E-state index in [4.69, 9.17) is 4.74 Å². The van der Waals surface area contributed by atoms with Gasteiger partial charge in [0.15, 0.2) is 0 Å². The Morgan fingerprint density at radius 2 is 1.62 bits per heavy atom. The topological polar surface area (TPSA) is 67.4 Å². The molecule has 0 spiro atoms. The smallest absolute Gasteiger partial charge is 0.408 e. The Morgan fingerprint density at radius 1 is 0.946 bits per heavy atom. The highest BCUT2D eigenvalue weighted by atomic mass is 32.1. The number of hydrogen-bond donors (Lipinski definition) is 2. The van der Waals surface area contributed by atoms with Crippen LogP contribution in [0.3, 0.4) is 0 Å². The summed E-state index contributed by atoms with van der Waals surface area (Å²) in [4.78, 5) is 26.9. The number of thiophene rings is 1. The Hall–Kier alpha value is -2.86. The van der Waals surface area contributed by atoms with Crippen molar-refractivity contribution in [2.75, 3.05) is 6.54 Å². The van der Waals surface area contributed by atoms with Gasteiger partial charge in [0.05, 0.1) is 0 Å². The summed E-state index contributed by atoms with van der Waals surface area (Å²) in [5.41, 5.74) is 1.11. The molecular formula is C31H36N2O3S. The number of alkyl carbamates (subject to hydrolysis) is 1. The van der Waals surface area contributed by atoms with Gasteiger partial charge in [0.25, 0.3) is 0 Å². The maximum absolute atomic E-state index is 13.6. The lowest BCUT2D eigenvalue weighted by atomic mass is 9.55. The third-order valence-corrected chi connectivity index (χ3v) is 9.92. The van der Waals surface area contributed by atoms with Crippen molar-refractivity contribution in [1.29, 1.82) is 0 Å². The van der Waals surface area contributed by atoms with Gasteiger partial charge in [0.2, 0.25) is 5.91 Å². The number of hydrogen-bond acceptors (Lipinski definition) is 4. The standard InChI is InChI=1S/C31H36N2O3S/c1-31(18-25-19-37-27-10-6-5-9-26(25)27,29(34)32-12-11-20-7-3-2-4-8-20)33-30(35)36-28-23-14-21-13-22(16-23)17-24(28)15-21/h2-10,19,21-24,28H,11-18H2,1H3,(H,32,34)(H,33,35). The molecule has 1 unspecified atom stereocenters. The molecule has 0 aliphatic heterocycles. The average molecular weight is 517 g/mol. The van der Waals surface area contributed by atoms with E-state index >= 15 is 0 Å². The second kappa shape index (κ2) is 10.1. The van der Waals surface area contributed by atoms with Gasteiger partial charge in [0, 0.05) is 17.7 Å². The van der Waals surface area contributed by atoms with Crippen molar-refractivity contribution >= 4 is 33.4 Å². The molecule has 2 amide bonds. The molecule has 4 aliphatic rings. The molecule has 1 aromatic heterocycles. The molecule has 4 saturated carbocycles. The molecule has 1 atom stereocenters. The molecule has 37 heavy (non-hydrogen) atoms. The molecular weight excluding hydrogens is 480 g/mol. The third kappa shape index (κ3) is 5.13. The van der Waals surface area contributed by atoms with E-state index in [0.717, 1.165) is 29.2 Å². The van der Waals surface area contributed by atoms with Gasteiger partial charge in [-0.1, -0.05) is 48.5 Å². The molecule has 4 bridgehead atoms. The van der Waals surface area contributed by atoms with Crippen LogP contribution < -0.4 is 10.6 Å². The molecule has 2 aromatic carbocycles. The first-order valence-corrected chi connectivity index (χ1v) is 14.6. The van der Waals surface area contributed by atoms with Gasteiger partial charge in [0.1, 0.15) is 11.6 Å². The normalized spacial score (nSPS) is 27.5. The number of carbonyl (C=O) groups excluding carboxylic acids is 2. The van der Waals surface area contributed by atoms with Crippen molar-refractivity contribution in [3.8, 4) is 0 Å². The van der Waals surface area contributed by atoms with E-state index in [1.165, 1.54) is 42.4 Å². The summed E-state index contributed by atoms with van der Waals surface area (Å²) < 4.78 is 7.31. The molecule has 3 aromatic rings. The van der Waals surface area contributed by atoms with Crippen LogP contribution in [0, 0.1) is 23.7 Å². The van der Waals surface area contributed by atoms with Crippen LogP contribution >= 0.6 is 11.3 Å². The Kier molecular flexibility index (Phi) is 6.70. The van der Waals surface area contributed by atoms with Crippen LogP contribution in [-0.4, -0.2) is 30.2 Å². The number of rotatable bonds is 8. The third-order valence-electron chi connectivity index (χ3n) is 8.91. The first-order chi connectivity index (χ1) is 18.0. The Labute approximate surface area is 223 Å². The number of ether oxygens (including phenoxy) is 1. The van der Waals surface area contributed by atoms with Crippen LogP contribution in [-0.2, 0) is 22.4 Å². The maximum Gasteiger partial charge on any atom is 0.408 e. The fourth-order valence-electron chi connectivity index (χ4n) is 7.34. The molecule has 4 aliphatic carbocycles. The van der Waals surface area contributed by atoms with Gasteiger partial charge in [-0.25, -0.2) is 4.79 Å². The molecule has 1 heterocycles. The number of fused-ring (bicyclic) bond motifs is 1. The molecule has 7 rings (SSSR count). The van der Waals surface area contributed by atoms with Crippen LogP contribution in [0.4, 0.5) is 4.79 Å². The molecule has 4 fully saturated rings. The van der Waals surface area contributed by atoms with E-state index in [1.54, 1.807) is 11.3 Å². The zero-order valence-electron chi connectivity index (χ0n) is 21.5. The van der Waals surface area contributed by atoms with Gasteiger partial charge in [-0.05, 0) is 97.1 Å². The molecule has 0 saturated heterocycles. The summed E-state index contributed by atoms with van der Waals surface area (Å²) in [5, 5.41) is 9.36. The first-order valence-electron chi connectivity index (χ1n) is 13.7. The largest absolute Gasteiger partial charge is 0.446 e. The van der Waals surface area contributed by atoms with E-state index in [0.29, 0.717) is 24.8 Å². The van der Waals surface area contributed by atoms with Crippen LogP contribution in [0.15, 0.2) is 60.0 Å². The van der Waals surface area contributed by atoms with Gasteiger partial charge in [-0.3, -0.25) is 4.79 Å². The van der Waals surface area contributed by atoms with E-state index in [9.17, 15) is 9.59 Å². The molecule has 194 valence electrons. The zero-order valence-corrected chi connectivity index (χ0v) is 22.3. The number of amides is 2. The fourth-order valence-corrected chi connectivity index (χ4v) is 8.30. The van der Waals surface area contributed by atoms with Crippen molar-refractivity contribution in [1.82, 2.24) is 10.6 Å². The molecule has 0 radical (unpaired) electrons. The van der Waals surface area contributed by atoms with E-state index in [1.807, 2.05) is 37.3 Å². The second-order valence-electron chi connectivity index (χ2n) is 11.7. The lowest BCUT2D eigenvalue weighted by Crippen LogP contribution is -2.60. The van der Waals surface area contributed by atoms with E-state index in [-0.39, 0.29) is 12.0 Å². The van der Waals surface area contributed by atoms with Crippen molar-refractivity contribution in [3.63, 3.8) is 0 Å². The minimum atomic E-state index is -1.12. The Morgan fingerprint density at radius 3 is 2.35 bits per heavy atom. The molecule has 5 nitrogen and oxygen atoms in total. The van der Waals surface area contributed by atoms with Crippen LogP contribution in [0.1, 0.15) is 50.2 Å². The molecule has 2 N–H and O–H groups in total.